The third kappa shape index (κ3) is 3.71. The maximum Gasteiger partial charge on any atom is 0.335 e. The van der Waals surface area contributed by atoms with Crippen molar-refractivity contribution in [1.29, 1.82) is 5.26 Å². The van der Waals surface area contributed by atoms with E-state index >= 15 is 0 Å². The molecule has 0 aromatic heterocycles. The Morgan fingerprint density at radius 2 is 1.96 bits per heavy atom. The molecular formula is C15H11FN2O4S. The highest BCUT2D eigenvalue weighted by Crippen LogP contribution is 2.18. The largest absolute Gasteiger partial charge is 0.478 e. The van der Waals surface area contributed by atoms with Crippen molar-refractivity contribution in [3.05, 3.63) is 65.0 Å². The number of rotatable bonds is 5. The Morgan fingerprint density at radius 3 is 2.61 bits per heavy atom. The summed E-state index contributed by atoms with van der Waals surface area (Å²) in [6.45, 7) is -0.190. The van der Waals surface area contributed by atoms with Gasteiger partial charge in [-0.2, -0.15) is 5.26 Å². The van der Waals surface area contributed by atoms with Gasteiger partial charge in [-0.25, -0.2) is 22.3 Å². The molecule has 0 atom stereocenters. The zero-order valence-corrected chi connectivity index (χ0v) is 12.5. The Hall–Kier alpha value is -2.76. The van der Waals surface area contributed by atoms with Crippen molar-refractivity contribution in [2.45, 2.75) is 11.4 Å². The van der Waals surface area contributed by atoms with E-state index in [-0.39, 0.29) is 12.1 Å². The van der Waals surface area contributed by atoms with E-state index < -0.39 is 32.3 Å². The van der Waals surface area contributed by atoms with Crippen molar-refractivity contribution < 1.29 is 22.7 Å². The topological polar surface area (TPSA) is 107 Å². The number of halogens is 1. The molecule has 0 aliphatic rings. The van der Waals surface area contributed by atoms with Crippen LogP contribution in [0, 0.1) is 17.1 Å². The van der Waals surface area contributed by atoms with E-state index in [1.807, 2.05) is 0 Å². The number of benzene rings is 2. The summed E-state index contributed by atoms with van der Waals surface area (Å²) in [7, 11) is -4.12. The summed E-state index contributed by atoms with van der Waals surface area (Å²) < 4.78 is 40.1. The summed E-state index contributed by atoms with van der Waals surface area (Å²) >= 11 is 0. The predicted octanol–water partition coefficient (Wildman–Crippen LogP) is 1.87. The molecule has 23 heavy (non-hydrogen) atoms. The number of carbonyl (C=O) groups is 1. The Kier molecular flexibility index (Phi) is 4.74. The Morgan fingerprint density at radius 1 is 1.26 bits per heavy atom. The first-order chi connectivity index (χ1) is 10.8. The minimum Gasteiger partial charge on any atom is -0.478 e. The molecule has 2 aromatic rings. The quantitative estimate of drug-likeness (QED) is 0.868. The van der Waals surface area contributed by atoms with Crippen LogP contribution in [-0.4, -0.2) is 19.5 Å². The third-order valence-electron chi connectivity index (χ3n) is 3.02. The second kappa shape index (κ2) is 6.56. The van der Waals surface area contributed by atoms with Crippen molar-refractivity contribution in [3.8, 4) is 6.07 Å². The number of sulfonamides is 1. The highest BCUT2D eigenvalue weighted by Gasteiger charge is 2.21. The first-order valence-electron chi connectivity index (χ1n) is 6.35. The molecule has 0 saturated carbocycles. The van der Waals surface area contributed by atoms with Gasteiger partial charge in [-0.3, -0.25) is 0 Å². The fourth-order valence-electron chi connectivity index (χ4n) is 1.91. The molecular weight excluding hydrogens is 323 g/mol. The minimum atomic E-state index is -4.12. The fourth-order valence-corrected chi connectivity index (χ4v) is 3.09. The van der Waals surface area contributed by atoms with Gasteiger partial charge < -0.3 is 5.11 Å². The second-order valence-electron chi connectivity index (χ2n) is 4.55. The molecule has 0 radical (unpaired) electrons. The molecule has 6 nitrogen and oxygen atoms in total. The van der Waals surface area contributed by atoms with Crippen LogP contribution in [0.3, 0.4) is 0 Å². The van der Waals surface area contributed by atoms with Crippen LogP contribution in [0.2, 0.25) is 0 Å². The van der Waals surface area contributed by atoms with Crippen molar-refractivity contribution in [2.24, 2.45) is 0 Å². The Bertz CT molecular complexity index is 904. The second-order valence-corrected chi connectivity index (χ2v) is 6.29. The molecule has 0 unspecified atom stereocenters. The molecule has 2 rings (SSSR count). The zero-order chi connectivity index (χ0) is 17.0. The fraction of sp³-hybridized carbons (Fsp3) is 0.0667. The summed E-state index contributed by atoms with van der Waals surface area (Å²) in [6.07, 6.45) is 0. The van der Waals surface area contributed by atoms with Gasteiger partial charge in [0.2, 0.25) is 10.0 Å². The maximum atomic E-state index is 13.5. The monoisotopic (exact) mass is 334 g/mol. The van der Waals surface area contributed by atoms with Crippen LogP contribution >= 0.6 is 0 Å². The van der Waals surface area contributed by atoms with E-state index in [4.69, 9.17) is 10.4 Å². The van der Waals surface area contributed by atoms with E-state index in [1.54, 1.807) is 6.07 Å². The maximum absolute atomic E-state index is 13.5. The molecule has 0 aliphatic heterocycles. The molecule has 0 fully saturated rings. The van der Waals surface area contributed by atoms with Gasteiger partial charge in [0.05, 0.1) is 5.56 Å². The van der Waals surface area contributed by atoms with Gasteiger partial charge in [-0.05, 0) is 29.8 Å². The molecule has 0 saturated heterocycles. The molecule has 0 heterocycles. The zero-order valence-electron chi connectivity index (χ0n) is 11.7. The molecule has 0 spiro atoms. The standard InChI is InChI=1S/C15H11FN2O4S/c16-13-5-2-6-14(12(13)8-17)23(21,22)18-9-10-3-1-4-11(7-10)15(19)20/h1-7,18H,9H2,(H,19,20). The molecule has 2 N–H and O–H groups in total. The lowest BCUT2D eigenvalue weighted by Crippen LogP contribution is -2.24. The van der Waals surface area contributed by atoms with Gasteiger partial charge in [0.25, 0.3) is 0 Å². The van der Waals surface area contributed by atoms with E-state index in [1.165, 1.54) is 30.3 Å². The lowest BCUT2D eigenvalue weighted by atomic mass is 10.1. The minimum absolute atomic E-state index is 0.0187. The molecule has 118 valence electrons. The van der Waals surface area contributed by atoms with Crippen LogP contribution in [-0.2, 0) is 16.6 Å². The number of carboxylic acids is 1. The van der Waals surface area contributed by atoms with Crippen LogP contribution < -0.4 is 4.72 Å². The smallest absolute Gasteiger partial charge is 0.335 e. The average Bonchev–Trinajstić information content (AvgIpc) is 2.53. The van der Waals surface area contributed by atoms with E-state index in [2.05, 4.69) is 4.72 Å². The predicted molar refractivity (Wildman–Crippen MR) is 78.5 cm³/mol. The molecule has 8 heteroatoms. The van der Waals surface area contributed by atoms with Gasteiger partial charge in [0.15, 0.2) is 0 Å². The van der Waals surface area contributed by atoms with Gasteiger partial charge in [-0.15, -0.1) is 0 Å². The summed E-state index contributed by atoms with van der Waals surface area (Å²) in [6, 6.07) is 10.6. The first kappa shape index (κ1) is 16.6. The Balaban J connectivity index is 2.27. The SMILES string of the molecule is N#Cc1c(F)cccc1S(=O)(=O)NCc1cccc(C(=O)O)c1. The molecule has 2 aromatic carbocycles. The molecule has 0 bridgehead atoms. The van der Waals surface area contributed by atoms with Crippen molar-refractivity contribution in [3.63, 3.8) is 0 Å². The molecule has 0 aliphatic carbocycles. The van der Waals surface area contributed by atoms with Gasteiger partial charge >= 0.3 is 5.97 Å². The lowest BCUT2D eigenvalue weighted by Gasteiger charge is -2.09. The van der Waals surface area contributed by atoms with E-state index in [0.29, 0.717) is 5.56 Å². The van der Waals surface area contributed by atoms with Crippen LogP contribution in [0.15, 0.2) is 47.4 Å². The number of hydrogen-bond donors (Lipinski definition) is 2. The van der Waals surface area contributed by atoms with Crippen molar-refractivity contribution >= 4 is 16.0 Å². The number of hydrogen-bond acceptors (Lipinski definition) is 4. The summed E-state index contributed by atoms with van der Waals surface area (Å²) in [5, 5.41) is 17.8. The van der Waals surface area contributed by atoms with Crippen molar-refractivity contribution in [1.82, 2.24) is 4.72 Å². The van der Waals surface area contributed by atoms with Crippen LogP contribution in [0.4, 0.5) is 4.39 Å². The number of nitriles is 1. The average molecular weight is 334 g/mol. The number of carboxylic acid groups (broad SMARTS) is 1. The molecule has 0 amide bonds. The van der Waals surface area contributed by atoms with Crippen LogP contribution in [0.5, 0.6) is 0 Å². The summed E-state index contributed by atoms with van der Waals surface area (Å²) in [5.41, 5.74) is -0.132. The number of aromatic carboxylic acids is 1. The normalized spacial score (nSPS) is 11.0. The van der Waals surface area contributed by atoms with E-state index in [9.17, 15) is 17.6 Å². The first-order valence-corrected chi connectivity index (χ1v) is 7.84. The third-order valence-corrected chi connectivity index (χ3v) is 4.46. The number of nitrogens with zero attached hydrogens (tertiary/aromatic N) is 1. The highest BCUT2D eigenvalue weighted by molar-refractivity contribution is 7.89. The highest BCUT2D eigenvalue weighted by atomic mass is 32.2. The van der Waals surface area contributed by atoms with Crippen molar-refractivity contribution in [2.75, 3.05) is 0 Å². The lowest BCUT2D eigenvalue weighted by molar-refractivity contribution is 0.0696. The van der Waals surface area contributed by atoms with Crippen LogP contribution in [0.25, 0.3) is 0 Å². The van der Waals surface area contributed by atoms with E-state index in [0.717, 1.165) is 12.1 Å². The summed E-state index contributed by atoms with van der Waals surface area (Å²) in [4.78, 5) is 10.4. The van der Waals surface area contributed by atoms with Gasteiger partial charge in [-0.1, -0.05) is 18.2 Å². The van der Waals surface area contributed by atoms with Crippen LogP contribution in [0.1, 0.15) is 21.5 Å². The summed E-state index contributed by atoms with van der Waals surface area (Å²) in [5.74, 6) is -2.06. The van der Waals surface area contributed by atoms with Gasteiger partial charge in [0, 0.05) is 6.54 Å². The van der Waals surface area contributed by atoms with Gasteiger partial charge in [0.1, 0.15) is 22.3 Å². The number of nitrogens with one attached hydrogen (secondary N) is 1. The Labute approximate surface area is 131 Å².